The first-order valence-electron chi connectivity index (χ1n) is 4.33. The van der Waals surface area contributed by atoms with Crippen molar-refractivity contribution >= 4 is 33.3 Å². The Morgan fingerprint density at radius 1 is 1.67 bits per heavy atom. The number of rotatable bonds is 1. The van der Waals surface area contributed by atoms with E-state index in [0.717, 1.165) is 8.66 Å². The standard InChI is InChI=1S/C9H8BrN3OS/c1-12-6(4-13(5-11)9(12)14)7-2-3-8(10)15-7/h2-3,6H,4H2,1H3. The molecule has 1 unspecified atom stereocenters. The van der Waals surface area contributed by atoms with Crippen LogP contribution in [0.4, 0.5) is 4.79 Å². The normalized spacial score (nSPS) is 20.9. The van der Waals surface area contributed by atoms with Gasteiger partial charge in [-0.05, 0) is 28.1 Å². The molecule has 15 heavy (non-hydrogen) atoms. The van der Waals surface area contributed by atoms with Crippen LogP contribution in [0.15, 0.2) is 15.9 Å². The van der Waals surface area contributed by atoms with E-state index in [1.165, 1.54) is 4.90 Å². The zero-order valence-corrected chi connectivity index (χ0v) is 10.4. The van der Waals surface area contributed by atoms with E-state index in [2.05, 4.69) is 15.9 Å². The fourth-order valence-electron chi connectivity index (χ4n) is 1.57. The summed E-state index contributed by atoms with van der Waals surface area (Å²) in [5.41, 5.74) is 0. The van der Waals surface area contributed by atoms with Gasteiger partial charge in [-0.1, -0.05) is 0 Å². The Morgan fingerprint density at radius 3 is 2.87 bits per heavy atom. The molecule has 4 nitrogen and oxygen atoms in total. The molecular formula is C9H8BrN3OS. The Labute approximate surface area is 99.8 Å². The van der Waals surface area contributed by atoms with Gasteiger partial charge in [-0.2, -0.15) is 5.26 Å². The maximum Gasteiger partial charge on any atom is 0.333 e. The number of urea groups is 1. The maximum absolute atomic E-state index is 11.5. The van der Waals surface area contributed by atoms with Gasteiger partial charge in [-0.15, -0.1) is 11.3 Å². The molecule has 1 atom stereocenters. The van der Waals surface area contributed by atoms with Crippen LogP contribution in [0.2, 0.25) is 0 Å². The second kappa shape index (κ2) is 3.83. The third-order valence-electron chi connectivity index (χ3n) is 2.40. The van der Waals surface area contributed by atoms with Crippen molar-refractivity contribution in [1.29, 1.82) is 5.26 Å². The molecule has 78 valence electrons. The second-order valence-electron chi connectivity index (χ2n) is 3.26. The highest BCUT2D eigenvalue weighted by Gasteiger charge is 2.36. The number of hydrogen-bond donors (Lipinski definition) is 0. The van der Waals surface area contributed by atoms with Crippen molar-refractivity contribution in [2.75, 3.05) is 13.6 Å². The summed E-state index contributed by atoms with van der Waals surface area (Å²) in [6.45, 7) is 0.443. The van der Waals surface area contributed by atoms with Crippen LogP contribution in [-0.2, 0) is 0 Å². The first-order valence-corrected chi connectivity index (χ1v) is 5.93. The van der Waals surface area contributed by atoms with Crippen molar-refractivity contribution in [3.63, 3.8) is 0 Å². The first-order chi connectivity index (χ1) is 7.13. The van der Waals surface area contributed by atoms with Gasteiger partial charge in [0.25, 0.3) is 0 Å². The maximum atomic E-state index is 11.5. The number of carbonyl (C=O) groups is 1. The fourth-order valence-corrected chi connectivity index (χ4v) is 3.13. The second-order valence-corrected chi connectivity index (χ2v) is 5.76. The summed E-state index contributed by atoms with van der Waals surface area (Å²) in [5, 5.41) is 8.75. The number of hydrogen-bond acceptors (Lipinski definition) is 3. The predicted octanol–water partition coefficient (Wildman–Crippen LogP) is 2.40. The Morgan fingerprint density at radius 2 is 2.40 bits per heavy atom. The van der Waals surface area contributed by atoms with Crippen LogP contribution in [0, 0.1) is 11.5 Å². The molecule has 1 fully saturated rings. The zero-order valence-electron chi connectivity index (χ0n) is 7.98. The average molecular weight is 286 g/mol. The highest BCUT2D eigenvalue weighted by Crippen LogP contribution is 2.34. The van der Waals surface area contributed by atoms with E-state index in [-0.39, 0.29) is 12.1 Å². The molecule has 0 spiro atoms. The van der Waals surface area contributed by atoms with E-state index in [9.17, 15) is 4.79 Å². The van der Waals surface area contributed by atoms with Crippen molar-refractivity contribution in [1.82, 2.24) is 9.80 Å². The molecule has 1 aromatic heterocycles. The lowest BCUT2D eigenvalue weighted by Crippen LogP contribution is -2.26. The molecule has 2 amide bonds. The van der Waals surface area contributed by atoms with Crippen LogP contribution in [0.3, 0.4) is 0 Å². The van der Waals surface area contributed by atoms with Gasteiger partial charge in [-0.25, -0.2) is 9.69 Å². The smallest absolute Gasteiger partial charge is 0.317 e. The number of amides is 2. The van der Waals surface area contributed by atoms with E-state index in [0.29, 0.717) is 6.54 Å². The molecule has 0 radical (unpaired) electrons. The van der Waals surface area contributed by atoms with Gasteiger partial charge in [0.05, 0.1) is 16.4 Å². The Hall–Kier alpha value is -1.06. The van der Waals surface area contributed by atoms with E-state index >= 15 is 0 Å². The minimum absolute atomic E-state index is 0.00606. The molecule has 2 rings (SSSR count). The molecule has 0 bridgehead atoms. The fraction of sp³-hybridized carbons (Fsp3) is 0.333. The largest absolute Gasteiger partial charge is 0.333 e. The van der Waals surface area contributed by atoms with Crippen LogP contribution in [0.5, 0.6) is 0 Å². The molecule has 1 aliphatic heterocycles. The molecular weight excluding hydrogens is 278 g/mol. The van der Waals surface area contributed by atoms with Crippen LogP contribution in [0.25, 0.3) is 0 Å². The Bertz CT molecular complexity index is 439. The van der Waals surface area contributed by atoms with Crippen LogP contribution in [0.1, 0.15) is 10.9 Å². The van der Waals surface area contributed by atoms with Crippen molar-refractivity contribution in [3.8, 4) is 6.19 Å². The molecule has 1 aromatic rings. The lowest BCUT2D eigenvalue weighted by Gasteiger charge is -2.15. The molecule has 0 aromatic carbocycles. The van der Waals surface area contributed by atoms with E-state index in [4.69, 9.17) is 5.26 Å². The first kappa shape index (κ1) is 10.5. The highest BCUT2D eigenvalue weighted by molar-refractivity contribution is 9.11. The van der Waals surface area contributed by atoms with Gasteiger partial charge < -0.3 is 4.90 Å². The molecule has 6 heteroatoms. The predicted molar refractivity (Wildman–Crippen MR) is 60.2 cm³/mol. The van der Waals surface area contributed by atoms with Crippen LogP contribution in [-0.4, -0.2) is 29.4 Å². The number of nitriles is 1. The molecule has 0 N–H and O–H groups in total. The van der Waals surface area contributed by atoms with Crippen molar-refractivity contribution in [2.24, 2.45) is 0 Å². The monoisotopic (exact) mass is 285 g/mol. The summed E-state index contributed by atoms with van der Waals surface area (Å²) in [7, 11) is 1.72. The van der Waals surface area contributed by atoms with Crippen molar-refractivity contribution in [2.45, 2.75) is 6.04 Å². The number of nitrogens with zero attached hydrogens (tertiary/aromatic N) is 3. The summed E-state index contributed by atoms with van der Waals surface area (Å²) >= 11 is 4.97. The van der Waals surface area contributed by atoms with Crippen LogP contribution >= 0.6 is 27.3 Å². The lowest BCUT2D eigenvalue weighted by atomic mass is 10.2. The lowest BCUT2D eigenvalue weighted by molar-refractivity contribution is 0.206. The number of likely N-dealkylation sites (N-methyl/N-ethyl adjacent to an activating group) is 1. The third-order valence-corrected chi connectivity index (χ3v) is 4.12. The van der Waals surface area contributed by atoms with Crippen molar-refractivity contribution in [3.05, 3.63) is 20.8 Å². The summed E-state index contributed by atoms with van der Waals surface area (Å²) < 4.78 is 1.04. The summed E-state index contributed by atoms with van der Waals surface area (Å²) in [6.07, 6.45) is 1.89. The molecule has 1 saturated heterocycles. The Balaban J connectivity index is 2.26. The molecule has 0 aliphatic carbocycles. The van der Waals surface area contributed by atoms with Gasteiger partial charge in [0.15, 0.2) is 6.19 Å². The van der Waals surface area contributed by atoms with Crippen LogP contribution < -0.4 is 0 Å². The summed E-state index contributed by atoms with van der Waals surface area (Å²) in [4.78, 5) is 15.4. The number of carbonyl (C=O) groups excluding carboxylic acids is 1. The van der Waals surface area contributed by atoms with Gasteiger partial charge in [0.1, 0.15) is 0 Å². The average Bonchev–Trinajstić information content (AvgIpc) is 2.74. The number of halogens is 1. The Kier molecular flexibility index (Phi) is 2.67. The topological polar surface area (TPSA) is 47.3 Å². The number of thiophene rings is 1. The van der Waals surface area contributed by atoms with E-state index < -0.39 is 0 Å². The van der Waals surface area contributed by atoms with Crippen molar-refractivity contribution < 1.29 is 4.79 Å². The molecule has 2 heterocycles. The zero-order chi connectivity index (χ0) is 11.0. The molecule has 1 aliphatic rings. The quantitative estimate of drug-likeness (QED) is 0.744. The summed E-state index contributed by atoms with van der Waals surface area (Å²) in [5.74, 6) is 0. The summed E-state index contributed by atoms with van der Waals surface area (Å²) in [6, 6.07) is 3.69. The third kappa shape index (κ3) is 1.73. The van der Waals surface area contributed by atoms with E-state index in [1.54, 1.807) is 23.3 Å². The van der Waals surface area contributed by atoms with Gasteiger partial charge >= 0.3 is 6.03 Å². The van der Waals surface area contributed by atoms with Gasteiger partial charge in [0, 0.05) is 11.9 Å². The molecule has 0 saturated carbocycles. The highest BCUT2D eigenvalue weighted by atomic mass is 79.9. The SMILES string of the molecule is CN1C(=O)N(C#N)CC1c1ccc(Br)s1. The van der Waals surface area contributed by atoms with Gasteiger partial charge in [-0.3, -0.25) is 0 Å². The van der Waals surface area contributed by atoms with E-state index in [1.807, 2.05) is 18.3 Å². The minimum atomic E-state index is -0.230. The minimum Gasteiger partial charge on any atom is -0.317 e. The van der Waals surface area contributed by atoms with Gasteiger partial charge in [0.2, 0.25) is 0 Å².